The van der Waals surface area contributed by atoms with Crippen molar-refractivity contribution in [1.29, 1.82) is 0 Å². The van der Waals surface area contributed by atoms with Crippen molar-refractivity contribution < 1.29 is 22.7 Å². The van der Waals surface area contributed by atoms with Gasteiger partial charge >= 0.3 is 0 Å². The zero-order valence-corrected chi connectivity index (χ0v) is 18.7. The lowest BCUT2D eigenvalue weighted by Gasteiger charge is -2.38. The summed E-state index contributed by atoms with van der Waals surface area (Å²) in [5.41, 5.74) is 1.72. The molecule has 0 bridgehead atoms. The number of benzene rings is 2. The molecule has 1 heterocycles. The Labute approximate surface area is 178 Å². The molecule has 1 atom stereocenters. The lowest BCUT2D eigenvalue weighted by molar-refractivity contribution is -0.120. The fourth-order valence-electron chi connectivity index (χ4n) is 3.64. The molecule has 1 aliphatic rings. The van der Waals surface area contributed by atoms with Crippen molar-refractivity contribution in [1.82, 2.24) is 5.32 Å². The summed E-state index contributed by atoms with van der Waals surface area (Å²) >= 11 is 0. The van der Waals surface area contributed by atoms with Gasteiger partial charge in [-0.3, -0.25) is 9.10 Å². The van der Waals surface area contributed by atoms with Crippen molar-refractivity contribution in [2.75, 3.05) is 24.2 Å². The molecule has 2 aromatic rings. The minimum atomic E-state index is -3.63. The van der Waals surface area contributed by atoms with Gasteiger partial charge in [0, 0.05) is 18.1 Å². The zero-order chi connectivity index (χ0) is 22.1. The van der Waals surface area contributed by atoms with Crippen LogP contribution in [0.1, 0.15) is 37.4 Å². The highest BCUT2D eigenvalue weighted by molar-refractivity contribution is 7.92. The van der Waals surface area contributed by atoms with Gasteiger partial charge in [0.2, 0.25) is 15.9 Å². The molecule has 7 nitrogen and oxygen atoms in total. The predicted molar refractivity (Wildman–Crippen MR) is 117 cm³/mol. The number of anilines is 1. The Morgan fingerprint density at radius 2 is 2.00 bits per heavy atom. The summed E-state index contributed by atoms with van der Waals surface area (Å²) in [6.45, 7) is 5.47. The third-order valence-electron chi connectivity index (χ3n) is 4.99. The van der Waals surface area contributed by atoms with Gasteiger partial charge in [-0.05, 0) is 50.6 Å². The number of sulfonamides is 1. The van der Waals surface area contributed by atoms with Gasteiger partial charge in [0.05, 0.1) is 25.1 Å². The number of ether oxygens (including phenoxy) is 2. The number of nitrogens with zero attached hydrogens (tertiary/aromatic N) is 1. The number of rotatable bonds is 6. The molecular weight excluding hydrogens is 404 g/mol. The van der Waals surface area contributed by atoms with Crippen LogP contribution in [0, 0.1) is 6.92 Å². The normalized spacial score (nSPS) is 17.4. The second-order valence-corrected chi connectivity index (χ2v) is 10.1. The van der Waals surface area contributed by atoms with Crippen LogP contribution in [0.5, 0.6) is 11.5 Å². The summed E-state index contributed by atoms with van der Waals surface area (Å²) in [5.74, 6) is 0.931. The highest BCUT2D eigenvalue weighted by Gasteiger charge is 2.35. The third-order valence-corrected chi connectivity index (χ3v) is 6.13. The van der Waals surface area contributed by atoms with E-state index in [9.17, 15) is 13.2 Å². The molecule has 0 spiro atoms. The van der Waals surface area contributed by atoms with Crippen LogP contribution >= 0.6 is 0 Å². The van der Waals surface area contributed by atoms with E-state index in [0.29, 0.717) is 23.6 Å². The molecule has 0 aliphatic carbocycles. The van der Waals surface area contributed by atoms with Gasteiger partial charge < -0.3 is 14.8 Å². The zero-order valence-electron chi connectivity index (χ0n) is 17.9. The van der Waals surface area contributed by atoms with Crippen LogP contribution in [-0.2, 0) is 14.8 Å². The van der Waals surface area contributed by atoms with Crippen molar-refractivity contribution in [2.45, 2.75) is 38.8 Å². The summed E-state index contributed by atoms with van der Waals surface area (Å²) < 4.78 is 37.2. The summed E-state index contributed by atoms with van der Waals surface area (Å²) in [6.07, 6.45) is 1.66. The molecule has 1 amide bonds. The molecule has 1 aliphatic heterocycles. The number of fused-ring (bicyclic) bond motifs is 1. The molecule has 8 heteroatoms. The van der Waals surface area contributed by atoms with Crippen LogP contribution in [-0.4, -0.2) is 39.8 Å². The average Bonchev–Trinajstić information content (AvgIpc) is 2.63. The Bertz CT molecular complexity index is 1050. The number of carbonyl (C=O) groups excluding carboxylic acids is 1. The molecule has 1 unspecified atom stereocenters. The smallest absolute Gasteiger partial charge is 0.241 e. The van der Waals surface area contributed by atoms with Crippen molar-refractivity contribution in [3.8, 4) is 11.5 Å². The Morgan fingerprint density at radius 1 is 1.27 bits per heavy atom. The quantitative estimate of drug-likeness (QED) is 0.758. The summed E-state index contributed by atoms with van der Waals surface area (Å²) in [5, 5.41) is 2.99. The molecular formula is C22H28N2O5S. The van der Waals surface area contributed by atoms with Gasteiger partial charge in [-0.2, -0.15) is 0 Å². The van der Waals surface area contributed by atoms with E-state index in [0.717, 1.165) is 21.7 Å². The minimum absolute atomic E-state index is 0.300. The first-order valence-electron chi connectivity index (χ1n) is 9.69. The number of carbonyl (C=O) groups is 1. The first-order valence-corrected chi connectivity index (χ1v) is 11.5. The van der Waals surface area contributed by atoms with Crippen LogP contribution < -0.4 is 19.1 Å². The maximum Gasteiger partial charge on any atom is 0.241 e. The fourth-order valence-corrected chi connectivity index (χ4v) is 4.49. The number of methoxy groups -OCH3 is 1. The van der Waals surface area contributed by atoms with Crippen LogP contribution in [0.2, 0.25) is 0 Å². The van der Waals surface area contributed by atoms with E-state index in [1.165, 1.54) is 0 Å². The van der Waals surface area contributed by atoms with Gasteiger partial charge in [0.1, 0.15) is 23.6 Å². The molecule has 0 radical (unpaired) electrons. The maximum absolute atomic E-state index is 12.9. The van der Waals surface area contributed by atoms with E-state index in [1.807, 2.05) is 39.0 Å². The Hall–Kier alpha value is -2.74. The summed E-state index contributed by atoms with van der Waals surface area (Å²) in [6, 6.07) is 12.2. The summed E-state index contributed by atoms with van der Waals surface area (Å²) in [4.78, 5) is 12.9. The van der Waals surface area contributed by atoms with E-state index in [-0.39, 0.29) is 18.5 Å². The summed E-state index contributed by atoms with van der Waals surface area (Å²) in [7, 11) is -2.05. The van der Waals surface area contributed by atoms with Crippen LogP contribution in [0.3, 0.4) is 0 Å². The van der Waals surface area contributed by atoms with Gasteiger partial charge in [0.25, 0.3) is 0 Å². The Balaban J connectivity index is 1.84. The SMILES string of the molecule is COc1ccc2c(c1)OC(C)(C)CC2NC(=O)CN(c1cccc(C)c1)S(C)(=O)=O. The van der Waals surface area contributed by atoms with Crippen molar-refractivity contribution >= 4 is 21.6 Å². The number of aryl methyl sites for hydroxylation is 1. The van der Waals surface area contributed by atoms with E-state index < -0.39 is 15.6 Å². The van der Waals surface area contributed by atoms with Crippen LogP contribution in [0.25, 0.3) is 0 Å². The average molecular weight is 433 g/mol. The largest absolute Gasteiger partial charge is 0.497 e. The standard InChI is InChI=1S/C22H28N2O5S/c1-15-7-6-8-16(11-15)24(30(5,26)27)14-21(25)23-19-13-22(2,3)29-20-12-17(28-4)9-10-18(19)20/h6-12,19H,13-14H2,1-5H3,(H,23,25). The second-order valence-electron chi connectivity index (χ2n) is 8.20. The highest BCUT2D eigenvalue weighted by Crippen LogP contribution is 2.41. The number of nitrogens with one attached hydrogen (secondary N) is 1. The van der Waals surface area contributed by atoms with Gasteiger partial charge in [-0.1, -0.05) is 12.1 Å². The first kappa shape index (κ1) is 22.0. The van der Waals surface area contributed by atoms with Crippen molar-refractivity contribution in [2.24, 2.45) is 0 Å². The second kappa shape index (κ2) is 8.18. The van der Waals surface area contributed by atoms with Gasteiger partial charge in [0.15, 0.2) is 0 Å². The maximum atomic E-state index is 12.9. The number of amides is 1. The van der Waals surface area contributed by atoms with E-state index in [4.69, 9.17) is 9.47 Å². The predicted octanol–water partition coefficient (Wildman–Crippen LogP) is 3.19. The van der Waals surface area contributed by atoms with E-state index in [1.54, 1.807) is 31.4 Å². The molecule has 3 rings (SSSR count). The van der Waals surface area contributed by atoms with Crippen molar-refractivity contribution in [3.63, 3.8) is 0 Å². The Kier molecular flexibility index (Phi) is 5.99. The molecule has 0 saturated heterocycles. The van der Waals surface area contributed by atoms with E-state index in [2.05, 4.69) is 5.32 Å². The monoisotopic (exact) mass is 432 g/mol. The lowest BCUT2D eigenvalue weighted by atomic mass is 9.89. The fraction of sp³-hybridized carbons (Fsp3) is 0.409. The first-order chi connectivity index (χ1) is 14.0. The molecule has 0 aromatic heterocycles. The molecule has 1 N–H and O–H groups in total. The van der Waals surface area contributed by atoms with Crippen molar-refractivity contribution in [3.05, 3.63) is 53.6 Å². The lowest BCUT2D eigenvalue weighted by Crippen LogP contribution is -2.45. The number of hydrogen-bond donors (Lipinski definition) is 1. The van der Waals surface area contributed by atoms with Gasteiger partial charge in [-0.15, -0.1) is 0 Å². The van der Waals surface area contributed by atoms with E-state index >= 15 is 0 Å². The molecule has 2 aromatic carbocycles. The molecule has 30 heavy (non-hydrogen) atoms. The molecule has 162 valence electrons. The highest BCUT2D eigenvalue weighted by atomic mass is 32.2. The van der Waals surface area contributed by atoms with Crippen LogP contribution in [0.15, 0.2) is 42.5 Å². The third kappa shape index (κ3) is 5.05. The molecule has 0 fully saturated rings. The number of hydrogen-bond acceptors (Lipinski definition) is 5. The van der Waals surface area contributed by atoms with Gasteiger partial charge in [-0.25, -0.2) is 8.42 Å². The van der Waals surface area contributed by atoms with Crippen LogP contribution in [0.4, 0.5) is 5.69 Å². The Morgan fingerprint density at radius 3 is 2.63 bits per heavy atom. The minimum Gasteiger partial charge on any atom is -0.497 e. The molecule has 0 saturated carbocycles. The topological polar surface area (TPSA) is 84.9 Å².